The molecule has 0 spiro atoms. The van der Waals surface area contributed by atoms with Gasteiger partial charge in [-0.2, -0.15) is 0 Å². The van der Waals surface area contributed by atoms with Gasteiger partial charge in [-0.15, -0.1) is 10.2 Å². The van der Waals surface area contributed by atoms with Crippen LogP contribution in [0.15, 0.2) is 4.42 Å². The van der Waals surface area contributed by atoms with Gasteiger partial charge in [0.15, 0.2) is 0 Å². The molecular weight excluding hydrogens is 202 g/mol. The summed E-state index contributed by atoms with van der Waals surface area (Å²) >= 11 is 0. The summed E-state index contributed by atoms with van der Waals surface area (Å²) in [7, 11) is 0. The fourth-order valence-corrected chi connectivity index (χ4v) is 2.42. The van der Waals surface area contributed by atoms with Crippen molar-refractivity contribution in [3.05, 3.63) is 11.8 Å². The lowest BCUT2D eigenvalue weighted by molar-refractivity contribution is 0.398. The fraction of sp³-hybridized carbons (Fsp3) is 0.833. The highest BCUT2D eigenvalue weighted by Gasteiger charge is 2.22. The molecule has 3 rings (SSSR count). The first-order valence-electron chi connectivity index (χ1n) is 6.45. The van der Waals surface area contributed by atoms with E-state index in [2.05, 4.69) is 15.5 Å². The molecule has 0 radical (unpaired) electrons. The van der Waals surface area contributed by atoms with Gasteiger partial charge in [0.25, 0.3) is 0 Å². The first-order valence-corrected chi connectivity index (χ1v) is 6.45. The lowest BCUT2D eigenvalue weighted by Crippen LogP contribution is -2.15. The van der Waals surface area contributed by atoms with Gasteiger partial charge in [-0.3, -0.25) is 0 Å². The molecule has 2 saturated carbocycles. The predicted molar refractivity (Wildman–Crippen MR) is 59.8 cm³/mol. The second-order valence-electron chi connectivity index (χ2n) is 5.10. The van der Waals surface area contributed by atoms with Crippen LogP contribution in [0.1, 0.15) is 50.3 Å². The zero-order chi connectivity index (χ0) is 10.8. The maximum Gasteiger partial charge on any atom is 0.230 e. The Labute approximate surface area is 95.8 Å². The number of nitrogens with zero attached hydrogens (tertiary/aromatic N) is 2. The Balaban J connectivity index is 1.50. The predicted octanol–water partition coefficient (Wildman–Crippen LogP) is 2.05. The molecule has 0 saturated heterocycles. The summed E-state index contributed by atoms with van der Waals surface area (Å²) in [6, 6.07) is 0.699. The summed E-state index contributed by atoms with van der Waals surface area (Å²) in [5.74, 6) is 2.36. The van der Waals surface area contributed by atoms with Crippen molar-refractivity contribution in [2.45, 2.75) is 57.5 Å². The van der Waals surface area contributed by atoms with Gasteiger partial charge in [-0.05, 0) is 31.6 Å². The minimum atomic E-state index is 0.699. The molecule has 0 aromatic carbocycles. The summed E-state index contributed by atoms with van der Waals surface area (Å²) in [5, 5.41) is 11.6. The summed E-state index contributed by atoms with van der Waals surface area (Å²) in [5.41, 5.74) is 0. The quantitative estimate of drug-likeness (QED) is 0.826. The standard InChI is InChI=1S/C12H19N3O/c1-2-4-9(3-1)7-11-14-15-12(16-11)8-13-10-5-6-10/h9-10,13H,1-8H2. The van der Waals surface area contributed by atoms with Crippen LogP contribution in [0.5, 0.6) is 0 Å². The monoisotopic (exact) mass is 221 g/mol. The molecule has 0 unspecified atom stereocenters. The van der Waals surface area contributed by atoms with Crippen molar-refractivity contribution in [3.8, 4) is 0 Å². The third kappa shape index (κ3) is 2.61. The minimum absolute atomic E-state index is 0.699. The van der Waals surface area contributed by atoms with Crippen LogP contribution < -0.4 is 5.32 Å². The van der Waals surface area contributed by atoms with E-state index in [1.165, 1.54) is 38.5 Å². The van der Waals surface area contributed by atoms with Crippen LogP contribution >= 0.6 is 0 Å². The molecule has 4 nitrogen and oxygen atoms in total. The van der Waals surface area contributed by atoms with Gasteiger partial charge in [0.05, 0.1) is 6.54 Å². The molecule has 0 amide bonds. The molecule has 0 aliphatic heterocycles. The molecule has 2 aliphatic carbocycles. The number of aromatic nitrogens is 2. The molecule has 0 bridgehead atoms. The average Bonchev–Trinajstić information content (AvgIpc) is 2.78. The third-order valence-corrected chi connectivity index (χ3v) is 3.57. The van der Waals surface area contributed by atoms with E-state index in [4.69, 9.17) is 4.42 Å². The number of nitrogens with one attached hydrogen (secondary N) is 1. The Hall–Kier alpha value is -0.900. The number of hydrogen-bond donors (Lipinski definition) is 1. The highest BCUT2D eigenvalue weighted by atomic mass is 16.4. The van der Waals surface area contributed by atoms with Crippen molar-refractivity contribution in [2.24, 2.45) is 5.92 Å². The van der Waals surface area contributed by atoms with Crippen LogP contribution in [0.2, 0.25) is 0 Å². The second-order valence-corrected chi connectivity index (χ2v) is 5.10. The van der Waals surface area contributed by atoms with Gasteiger partial charge in [0.1, 0.15) is 0 Å². The van der Waals surface area contributed by atoms with E-state index in [1.54, 1.807) is 0 Å². The van der Waals surface area contributed by atoms with Crippen LogP contribution in [0, 0.1) is 5.92 Å². The molecule has 2 aliphatic rings. The van der Waals surface area contributed by atoms with E-state index >= 15 is 0 Å². The zero-order valence-electron chi connectivity index (χ0n) is 9.61. The van der Waals surface area contributed by atoms with Crippen LogP contribution in [-0.4, -0.2) is 16.2 Å². The molecule has 88 valence electrons. The summed E-state index contributed by atoms with van der Waals surface area (Å²) in [6.45, 7) is 0.738. The van der Waals surface area contributed by atoms with Gasteiger partial charge >= 0.3 is 0 Å². The Morgan fingerprint density at radius 2 is 1.81 bits per heavy atom. The third-order valence-electron chi connectivity index (χ3n) is 3.57. The van der Waals surface area contributed by atoms with Crippen molar-refractivity contribution in [3.63, 3.8) is 0 Å². The Morgan fingerprint density at radius 1 is 1.06 bits per heavy atom. The zero-order valence-corrected chi connectivity index (χ0v) is 9.61. The summed E-state index contributed by atoms with van der Waals surface area (Å²) in [6.07, 6.45) is 8.97. The highest BCUT2D eigenvalue weighted by Crippen LogP contribution is 2.27. The van der Waals surface area contributed by atoms with Gasteiger partial charge in [0, 0.05) is 12.5 Å². The van der Waals surface area contributed by atoms with Crippen molar-refractivity contribution in [2.75, 3.05) is 0 Å². The largest absolute Gasteiger partial charge is 0.424 e. The summed E-state index contributed by atoms with van der Waals surface area (Å²) in [4.78, 5) is 0. The van der Waals surface area contributed by atoms with Gasteiger partial charge in [0.2, 0.25) is 11.8 Å². The van der Waals surface area contributed by atoms with Crippen LogP contribution in [0.3, 0.4) is 0 Å². The molecule has 1 heterocycles. The maximum absolute atomic E-state index is 5.64. The van der Waals surface area contributed by atoms with Crippen molar-refractivity contribution in [1.82, 2.24) is 15.5 Å². The second kappa shape index (κ2) is 4.53. The highest BCUT2D eigenvalue weighted by molar-refractivity contribution is 4.88. The first-order chi connectivity index (χ1) is 7.90. The summed E-state index contributed by atoms with van der Waals surface area (Å²) < 4.78 is 5.64. The van der Waals surface area contributed by atoms with E-state index in [-0.39, 0.29) is 0 Å². The average molecular weight is 221 g/mol. The molecule has 4 heteroatoms. The van der Waals surface area contributed by atoms with Crippen molar-refractivity contribution < 1.29 is 4.42 Å². The Kier molecular flexibility index (Phi) is 2.91. The maximum atomic E-state index is 5.64. The Morgan fingerprint density at radius 3 is 2.56 bits per heavy atom. The Bertz CT molecular complexity index is 340. The van der Waals surface area contributed by atoms with E-state index in [9.17, 15) is 0 Å². The lowest BCUT2D eigenvalue weighted by atomic mass is 10.0. The number of rotatable bonds is 5. The fourth-order valence-electron chi connectivity index (χ4n) is 2.42. The first kappa shape index (κ1) is 10.3. The molecule has 16 heavy (non-hydrogen) atoms. The van der Waals surface area contributed by atoms with Gasteiger partial charge < -0.3 is 9.73 Å². The molecule has 2 fully saturated rings. The molecular formula is C12H19N3O. The minimum Gasteiger partial charge on any atom is -0.424 e. The van der Waals surface area contributed by atoms with Crippen molar-refractivity contribution in [1.29, 1.82) is 0 Å². The van der Waals surface area contributed by atoms with Gasteiger partial charge in [-0.1, -0.05) is 12.8 Å². The normalized spacial score (nSPS) is 21.8. The SMILES string of the molecule is C1CCC(Cc2nnc(CNC3CC3)o2)C1. The topological polar surface area (TPSA) is 51.0 Å². The van der Waals surface area contributed by atoms with E-state index in [0.717, 1.165) is 30.7 Å². The lowest BCUT2D eigenvalue weighted by Gasteiger charge is -2.03. The van der Waals surface area contributed by atoms with E-state index < -0.39 is 0 Å². The smallest absolute Gasteiger partial charge is 0.230 e. The molecule has 1 aromatic heterocycles. The van der Waals surface area contributed by atoms with E-state index in [0.29, 0.717) is 6.04 Å². The van der Waals surface area contributed by atoms with Gasteiger partial charge in [-0.25, -0.2) is 0 Å². The van der Waals surface area contributed by atoms with Crippen LogP contribution in [0.25, 0.3) is 0 Å². The molecule has 1 aromatic rings. The van der Waals surface area contributed by atoms with E-state index in [1.807, 2.05) is 0 Å². The molecule has 0 atom stereocenters. The molecule has 1 N–H and O–H groups in total. The number of hydrogen-bond acceptors (Lipinski definition) is 4. The van der Waals surface area contributed by atoms with Crippen LogP contribution in [0.4, 0.5) is 0 Å². The van der Waals surface area contributed by atoms with Crippen LogP contribution in [-0.2, 0) is 13.0 Å². The van der Waals surface area contributed by atoms with Crippen molar-refractivity contribution >= 4 is 0 Å².